The van der Waals surface area contributed by atoms with Crippen LogP contribution in [0.4, 0.5) is 4.79 Å². The molecule has 7 nitrogen and oxygen atoms in total. The normalized spacial score (nSPS) is 27.1. The van der Waals surface area contributed by atoms with Crippen LogP contribution in [0.15, 0.2) is 41.0 Å². The Bertz CT molecular complexity index is 1030. The number of aromatic hydroxyl groups is 1. The molecule has 2 aliphatic heterocycles. The highest BCUT2D eigenvalue weighted by Crippen LogP contribution is 2.49. The first kappa shape index (κ1) is 23.2. The molecule has 1 aromatic carbocycles. The Balaban J connectivity index is 1.52. The van der Waals surface area contributed by atoms with E-state index in [0.29, 0.717) is 17.9 Å². The molecule has 1 N–H and O–H groups in total. The van der Waals surface area contributed by atoms with E-state index < -0.39 is 29.7 Å². The molecule has 0 aromatic heterocycles. The molecule has 3 aliphatic rings. The number of phenols is 1. The van der Waals surface area contributed by atoms with E-state index in [1.807, 2.05) is 19.1 Å². The molecule has 4 atom stereocenters. The summed E-state index contributed by atoms with van der Waals surface area (Å²) in [7, 11) is 1.17. The smallest absolute Gasteiger partial charge is 0.423 e. The van der Waals surface area contributed by atoms with Crippen LogP contribution in [0, 0.1) is 17.8 Å². The number of hydrogen-bond donors (Lipinski definition) is 1. The fourth-order valence-corrected chi connectivity index (χ4v) is 5.64. The Morgan fingerprint density at radius 3 is 2.67 bits per heavy atom. The summed E-state index contributed by atoms with van der Waals surface area (Å²) in [5.74, 6) is -1.94. The third-order valence-corrected chi connectivity index (χ3v) is 7.10. The van der Waals surface area contributed by atoms with Crippen LogP contribution in [0.5, 0.6) is 5.75 Å². The first-order valence-electron chi connectivity index (χ1n) is 11.6. The van der Waals surface area contributed by atoms with Crippen LogP contribution >= 0.6 is 0 Å². The lowest BCUT2D eigenvalue weighted by atomic mass is 9.70. The zero-order valence-corrected chi connectivity index (χ0v) is 19.4. The molecular formula is C26H31NO6. The van der Waals surface area contributed by atoms with Crippen LogP contribution < -0.4 is 0 Å². The molecule has 0 unspecified atom stereocenters. The third kappa shape index (κ3) is 4.22. The first-order chi connectivity index (χ1) is 15.9. The topological polar surface area (TPSA) is 93.1 Å². The van der Waals surface area contributed by atoms with E-state index in [2.05, 4.69) is 17.7 Å². The molecule has 176 valence electrons. The van der Waals surface area contributed by atoms with Crippen molar-refractivity contribution in [3.05, 3.63) is 46.5 Å². The number of para-hydroxylation sites is 1. The minimum absolute atomic E-state index is 0.115. The van der Waals surface area contributed by atoms with Crippen molar-refractivity contribution in [1.82, 2.24) is 4.90 Å². The average molecular weight is 454 g/mol. The van der Waals surface area contributed by atoms with E-state index in [4.69, 9.17) is 4.74 Å². The molecule has 0 radical (unpaired) electrons. The number of hydrogen-bond acceptors (Lipinski definition) is 6. The zero-order chi connectivity index (χ0) is 23.7. The van der Waals surface area contributed by atoms with Gasteiger partial charge in [0.2, 0.25) is 11.8 Å². The quantitative estimate of drug-likeness (QED) is 0.505. The van der Waals surface area contributed by atoms with Crippen LogP contribution in [0.3, 0.4) is 0 Å². The summed E-state index contributed by atoms with van der Waals surface area (Å²) in [5, 5.41) is 10.1. The molecule has 1 aliphatic carbocycles. The predicted molar refractivity (Wildman–Crippen MR) is 122 cm³/mol. The number of rotatable bonds is 6. The Morgan fingerprint density at radius 1 is 1.21 bits per heavy atom. The summed E-state index contributed by atoms with van der Waals surface area (Å²) in [6.45, 7) is 4.51. The number of carbonyl (C=O) groups excluding carboxylic acids is 3. The number of carbonyl (C=O) groups is 3. The molecular weight excluding hydrogens is 422 g/mol. The number of fused-ring (bicyclic) bond motifs is 3. The molecule has 0 bridgehead atoms. The molecule has 2 saturated heterocycles. The summed E-state index contributed by atoms with van der Waals surface area (Å²) >= 11 is 0. The van der Waals surface area contributed by atoms with E-state index in [0.717, 1.165) is 42.4 Å². The molecule has 7 heteroatoms. The number of nitrogens with zero attached hydrogens (tertiary/aromatic N) is 1. The van der Waals surface area contributed by atoms with Crippen molar-refractivity contribution in [2.45, 2.75) is 52.1 Å². The summed E-state index contributed by atoms with van der Waals surface area (Å²) in [6, 6.07) is 7.30. The largest absolute Gasteiger partial charge is 0.507 e. The van der Waals surface area contributed by atoms with Crippen LogP contribution in [0.2, 0.25) is 0 Å². The van der Waals surface area contributed by atoms with Gasteiger partial charge in [0.15, 0.2) is 0 Å². The lowest BCUT2D eigenvalue weighted by Crippen LogP contribution is -2.37. The van der Waals surface area contributed by atoms with Crippen molar-refractivity contribution in [2.75, 3.05) is 13.7 Å². The number of ether oxygens (including phenoxy) is 2. The lowest BCUT2D eigenvalue weighted by molar-refractivity contribution is -0.137. The molecule has 3 amide bonds. The van der Waals surface area contributed by atoms with Crippen molar-refractivity contribution < 1.29 is 29.0 Å². The Hall–Kier alpha value is -2.93. The van der Waals surface area contributed by atoms with Gasteiger partial charge in [-0.3, -0.25) is 9.59 Å². The van der Waals surface area contributed by atoms with E-state index >= 15 is 0 Å². The van der Waals surface area contributed by atoms with E-state index in [1.165, 1.54) is 12.7 Å². The van der Waals surface area contributed by atoms with Crippen LogP contribution in [-0.2, 0) is 19.1 Å². The maximum absolute atomic E-state index is 13.0. The summed E-state index contributed by atoms with van der Waals surface area (Å²) in [6.07, 6.45) is 4.99. The summed E-state index contributed by atoms with van der Waals surface area (Å²) in [4.78, 5) is 38.4. The third-order valence-electron chi connectivity index (χ3n) is 7.10. The van der Waals surface area contributed by atoms with E-state index in [1.54, 1.807) is 12.1 Å². The molecule has 4 rings (SSSR count). The number of amides is 3. The van der Waals surface area contributed by atoms with Gasteiger partial charge in [-0.25, -0.2) is 4.79 Å². The van der Waals surface area contributed by atoms with Gasteiger partial charge in [0, 0.05) is 11.5 Å². The standard InChI is InChI=1S/C26H31NO6/c1-4-7-16(13-17-8-5-6-9-20(17)28)10-11-21-22-15(2)12-18-23(19(22)14-33-21)25(30)27(24(18)29)26(31)32-3/h5-6,8-9,13,18-19,21,23,28H,4,7,10-12,14H2,1-3H3/b16-13+/t18-,19+,21-,23-/m1/s1. The highest BCUT2D eigenvalue weighted by Gasteiger charge is 2.58. The Kier molecular flexibility index (Phi) is 6.70. The SMILES string of the molecule is CCC/C(=C\c1ccccc1O)CC[C@H]1OC[C@H]2C1=C(C)C[C@H]1C(=O)N(C(=O)OC)C(=O)[C@H]12. The fourth-order valence-electron chi connectivity index (χ4n) is 5.64. The van der Waals surface area contributed by atoms with Gasteiger partial charge >= 0.3 is 6.09 Å². The monoisotopic (exact) mass is 453 g/mol. The first-order valence-corrected chi connectivity index (χ1v) is 11.6. The minimum Gasteiger partial charge on any atom is -0.507 e. The molecule has 2 heterocycles. The second-order valence-electron chi connectivity index (χ2n) is 9.13. The second kappa shape index (κ2) is 9.51. The highest BCUT2D eigenvalue weighted by molar-refractivity contribution is 6.16. The molecule has 33 heavy (non-hydrogen) atoms. The minimum atomic E-state index is -0.910. The predicted octanol–water partition coefficient (Wildman–Crippen LogP) is 4.46. The number of phenolic OH excluding ortho intramolecular Hbond substituents is 1. The van der Waals surface area contributed by atoms with Crippen LogP contribution in [-0.4, -0.2) is 47.7 Å². The van der Waals surface area contributed by atoms with Crippen LogP contribution in [0.1, 0.15) is 51.5 Å². The van der Waals surface area contributed by atoms with Gasteiger partial charge in [-0.05, 0) is 44.2 Å². The van der Waals surface area contributed by atoms with Gasteiger partial charge in [0.1, 0.15) is 5.75 Å². The van der Waals surface area contributed by atoms with Crippen LogP contribution in [0.25, 0.3) is 6.08 Å². The van der Waals surface area contributed by atoms with Crippen molar-refractivity contribution in [2.24, 2.45) is 17.8 Å². The number of likely N-dealkylation sites (tertiary alicyclic amines) is 1. The van der Waals surface area contributed by atoms with Gasteiger partial charge in [-0.15, -0.1) is 0 Å². The number of benzene rings is 1. The van der Waals surface area contributed by atoms with Crippen molar-refractivity contribution in [3.8, 4) is 5.75 Å². The maximum Gasteiger partial charge on any atom is 0.423 e. The molecule has 0 spiro atoms. The fraction of sp³-hybridized carbons (Fsp3) is 0.500. The number of methoxy groups -OCH3 is 1. The number of allylic oxidation sites excluding steroid dienone is 2. The van der Waals surface area contributed by atoms with E-state index in [9.17, 15) is 19.5 Å². The van der Waals surface area contributed by atoms with Gasteiger partial charge in [-0.2, -0.15) is 4.90 Å². The van der Waals surface area contributed by atoms with Crippen molar-refractivity contribution >= 4 is 24.0 Å². The summed E-state index contributed by atoms with van der Waals surface area (Å²) in [5.41, 5.74) is 4.24. The molecule has 1 aromatic rings. The van der Waals surface area contributed by atoms with Crippen molar-refractivity contribution in [3.63, 3.8) is 0 Å². The Labute approximate surface area is 194 Å². The average Bonchev–Trinajstić information content (AvgIpc) is 3.32. The van der Waals surface area contributed by atoms with E-state index in [-0.39, 0.29) is 17.8 Å². The maximum atomic E-state index is 13.0. The molecule has 0 saturated carbocycles. The highest BCUT2D eigenvalue weighted by atomic mass is 16.5. The zero-order valence-electron chi connectivity index (χ0n) is 19.4. The summed E-state index contributed by atoms with van der Waals surface area (Å²) < 4.78 is 10.8. The lowest BCUT2D eigenvalue weighted by Gasteiger charge is -2.30. The molecule has 2 fully saturated rings. The Morgan fingerprint density at radius 2 is 1.97 bits per heavy atom. The van der Waals surface area contributed by atoms with Crippen molar-refractivity contribution in [1.29, 1.82) is 0 Å². The van der Waals surface area contributed by atoms with Gasteiger partial charge in [0.05, 0.1) is 31.7 Å². The van der Waals surface area contributed by atoms with Gasteiger partial charge in [0.25, 0.3) is 0 Å². The second-order valence-corrected chi connectivity index (χ2v) is 9.13. The number of imide groups is 3. The van der Waals surface area contributed by atoms with Gasteiger partial charge in [-0.1, -0.05) is 48.8 Å². The van der Waals surface area contributed by atoms with Gasteiger partial charge < -0.3 is 14.6 Å².